The van der Waals surface area contributed by atoms with Crippen molar-refractivity contribution in [3.63, 3.8) is 0 Å². The second-order valence-electron chi connectivity index (χ2n) is 5.44. The van der Waals surface area contributed by atoms with Crippen LogP contribution in [0, 0.1) is 18.7 Å². The normalized spacial score (nSPS) is 14.5. The van der Waals surface area contributed by atoms with Gasteiger partial charge in [0.1, 0.15) is 5.82 Å². The average molecular weight is 405 g/mol. The Bertz CT molecular complexity index is 473. The third-order valence-electron chi connectivity index (χ3n) is 3.54. The molecule has 0 saturated heterocycles. The van der Waals surface area contributed by atoms with Gasteiger partial charge >= 0.3 is 0 Å². The molecule has 0 unspecified atom stereocenters. The maximum Gasteiger partial charge on any atom is 0.191 e. The van der Waals surface area contributed by atoms with Crippen molar-refractivity contribution in [1.29, 1.82) is 0 Å². The third kappa shape index (κ3) is 6.63. The van der Waals surface area contributed by atoms with Crippen molar-refractivity contribution >= 4 is 29.9 Å². The molecule has 0 amide bonds. The highest BCUT2D eigenvalue weighted by molar-refractivity contribution is 14.0. The summed E-state index contributed by atoms with van der Waals surface area (Å²) in [5.74, 6) is 1.56. The van der Waals surface area contributed by atoms with Gasteiger partial charge in [-0.3, -0.25) is 0 Å². The highest BCUT2D eigenvalue weighted by Crippen LogP contribution is 2.31. The number of aliphatic imine (C=N–C) groups is 1. The number of benzene rings is 1. The lowest BCUT2D eigenvalue weighted by Gasteiger charge is -2.11. The molecule has 1 aliphatic rings. The Morgan fingerprint density at radius 1 is 1.33 bits per heavy atom. The summed E-state index contributed by atoms with van der Waals surface area (Å²) < 4.78 is 13.5. The van der Waals surface area contributed by atoms with Gasteiger partial charge in [-0.25, -0.2) is 9.38 Å². The molecule has 118 valence electrons. The molecular weight excluding hydrogens is 380 g/mol. The van der Waals surface area contributed by atoms with Crippen LogP contribution in [0.2, 0.25) is 0 Å². The van der Waals surface area contributed by atoms with E-state index >= 15 is 0 Å². The molecule has 0 atom stereocenters. The first-order chi connectivity index (χ1) is 9.69. The fourth-order valence-corrected chi connectivity index (χ4v) is 2.05. The first-order valence-corrected chi connectivity index (χ1v) is 7.46. The van der Waals surface area contributed by atoms with Gasteiger partial charge < -0.3 is 10.6 Å². The van der Waals surface area contributed by atoms with Gasteiger partial charge in [0, 0.05) is 13.1 Å². The first kappa shape index (κ1) is 18.2. The Hall–Kier alpha value is -0.850. The Labute approximate surface area is 143 Å². The van der Waals surface area contributed by atoms with Gasteiger partial charge in [-0.15, -0.1) is 24.0 Å². The van der Waals surface area contributed by atoms with E-state index in [1.54, 1.807) is 19.1 Å². The maximum absolute atomic E-state index is 13.5. The van der Waals surface area contributed by atoms with Crippen molar-refractivity contribution in [1.82, 2.24) is 10.6 Å². The smallest absolute Gasteiger partial charge is 0.191 e. The third-order valence-corrected chi connectivity index (χ3v) is 3.54. The number of aryl methyl sites for hydroxylation is 1. The highest BCUT2D eigenvalue weighted by atomic mass is 127. The fourth-order valence-electron chi connectivity index (χ4n) is 2.05. The number of hydrogen-bond acceptors (Lipinski definition) is 1. The average Bonchev–Trinajstić information content (AvgIpc) is 3.24. The molecular formula is C16H25FIN3. The van der Waals surface area contributed by atoms with Gasteiger partial charge in [0.2, 0.25) is 0 Å². The molecule has 5 heteroatoms. The van der Waals surface area contributed by atoms with E-state index in [1.807, 2.05) is 13.0 Å². The summed E-state index contributed by atoms with van der Waals surface area (Å²) in [4.78, 5) is 4.50. The zero-order valence-corrected chi connectivity index (χ0v) is 15.1. The number of hydrogen-bond donors (Lipinski definition) is 2. The van der Waals surface area contributed by atoms with Crippen LogP contribution >= 0.6 is 24.0 Å². The molecule has 1 fully saturated rings. The molecule has 0 heterocycles. The summed E-state index contributed by atoms with van der Waals surface area (Å²) in [6.45, 7) is 6.10. The maximum atomic E-state index is 13.5. The van der Waals surface area contributed by atoms with Gasteiger partial charge in [0.05, 0.1) is 6.54 Å². The number of nitrogens with zero attached hydrogens (tertiary/aromatic N) is 1. The van der Waals surface area contributed by atoms with E-state index < -0.39 is 0 Å². The zero-order chi connectivity index (χ0) is 14.4. The molecule has 1 aromatic rings. The molecule has 1 aliphatic carbocycles. The molecule has 0 aliphatic heterocycles. The molecule has 0 spiro atoms. The molecule has 1 aromatic carbocycles. The Morgan fingerprint density at radius 2 is 2.10 bits per heavy atom. The Morgan fingerprint density at radius 3 is 2.71 bits per heavy atom. The predicted molar refractivity (Wildman–Crippen MR) is 96.7 cm³/mol. The van der Waals surface area contributed by atoms with Crippen LogP contribution in [0.4, 0.5) is 4.39 Å². The van der Waals surface area contributed by atoms with E-state index in [9.17, 15) is 4.39 Å². The molecule has 2 rings (SSSR count). The van der Waals surface area contributed by atoms with Crippen LogP contribution in [-0.4, -0.2) is 19.0 Å². The van der Waals surface area contributed by atoms with Crippen molar-refractivity contribution < 1.29 is 4.39 Å². The SMILES string of the molecule is CCNC(=NCc1ccc(C)c(F)c1)NCCC1CC1.I. The van der Waals surface area contributed by atoms with Gasteiger partial charge in [0.25, 0.3) is 0 Å². The lowest BCUT2D eigenvalue weighted by Crippen LogP contribution is -2.37. The second-order valence-corrected chi connectivity index (χ2v) is 5.44. The quantitative estimate of drug-likeness (QED) is 0.431. The monoisotopic (exact) mass is 405 g/mol. The van der Waals surface area contributed by atoms with Crippen molar-refractivity contribution in [2.24, 2.45) is 10.9 Å². The van der Waals surface area contributed by atoms with Crippen molar-refractivity contribution in [3.05, 3.63) is 35.1 Å². The Balaban J connectivity index is 0.00000220. The highest BCUT2D eigenvalue weighted by Gasteiger charge is 2.20. The van der Waals surface area contributed by atoms with E-state index in [4.69, 9.17) is 0 Å². The second kappa shape index (κ2) is 9.23. The topological polar surface area (TPSA) is 36.4 Å². The van der Waals surface area contributed by atoms with Crippen molar-refractivity contribution in [2.75, 3.05) is 13.1 Å². The number of nitrogens with one attached hydrogen (secondary N) is 2. The van der Waals surface area contributed by atoms with Gasteiger partial charge in [-0.1, -0.05) is 25.0 Å². The van der Waals surface area contributed by atoms with Crippen LogP contribution < -0.4 is 10.6 Å². The van der Waals surface area contributed by atoms with Crippen molar-refractivity contribution in [3.8, 4) is 0 Å². The molecule has 1 saturated carbocycles. The predicted octanol–water partition coefficient (Wildman–Crippen LogP) is 3.61. The van der Waals surface area contributed by atoms with Crippen LogP contribution in [0.15, 0.2) is 23.2 Å². The summed E-state index contributed by atoms with van der Waals surface area (Å²) in [6.07, 6.45) is 3.96. The van der Waals surface area contributed by atoms with Crippen LogP contribution in [0.25, 0.3) is 0 Å². The summed E-state index contributed by atoms with van der Waals surface area (Å²) in [6, 6.07) is 5.29. The minimum absolute atomic E-state index is 0. The standard InChI is InChI=1S/C16H24FN3.HI/c1-3-18-16(19-9-8-13-6-7-13)20-11-14-5-4-12(2)15(17)10-14;/h4-5,10,13H,3,6-9,11H2,1-2H3,(H2,18,19,20);1H. The van der Waals surface area contributed by atoms with E-state index in [2.05, 4.69) is 15.6 Å². The van der Waals surface area contributed by atoms with Crippen LogP contribution in [0.5, 0.6) is 0 Å². The summed E-state index contributed by atoms with van der Waals surface area (Å²) in [7, 11) is 0. The van der Waals surface area contributed by atoms with E-state index in [0.717, 1.165) is 30.5 Å². The summed E-state index contributed by atoms with van der Waals surface area (Å²) in [5.41, 5.74) is 1.57. The van der Waals surface area contributed by atoms with Gasteiger partial charge in [0.15, 0.2) is 5.96 Å². The minimum atomic E-state index is -0.163. The molecule has 2 N–H and O–H groups in total. The largest absolute Gasteiger partial charge is 0.357 e. The molecule has 0 aromatic heterocycles. The summed E-state index contributed by atoms with van der Waals surface area (Å²) in [5, 5.41) is 6.55. The number of guanidine groups is 1. The van der Waals surface area contributed by atoms with Crippen LogP contribution in [-0.2, 0) is 6.54 Å². The van der Waals surface area contributed by atoms with Crippen LogP contribution in [0.1, 0.15) is 37.3 Å². The van der Waals surface area contributed by atoms with Crippen molar-refractivity contribution in [2.45, 2.75) is 39.7 Å². The Kier molecular flexibility index (Phi) is 8.00. The molecule has 21 heavy (non-hydrogen) atoms. The summed E-state index contributed by atoms with van der Waals surface area (Å²) >= 11 is 0. The number of halogens is 2. The minimum Gasteiger partial charge on any atom is -0.357 e. The van der Waals surface area contributed by atoms with E-state index in [-0.39, 0.29) is 29.8 Å². The molecule has 0 radical (unpaired) electrons. The van der Waals surface area contributed by atoms with Gasteiger partial charge in [-0.05, 0) is 43.4 Å². The number of rotatable bonds is 6. The van der Waals surface area contributed by atoms with Gasteiger partial charge in [-0.2, -0.15) is 0 Å². The fraction of sp³-hybridized carbons (Fsp3) is 0.562. The lowest BCUT2D eigenvalue weighted by molar-refractivity contribution is 0.616. The van der Waals surface area contributed by atoms with E-state index in [1.165, 1.54) is 19.3 Å². The first-order valence-electron chi connectivity index (χ1n) is 7.46. The lowest BCUT2D eigenvalue weighted by atomic mass is 10.1. The van der Waals surface area contributed by atoms with E-state index in [0.29, 0.717) is 12.1 Å². The van der Waals surface area contributed by atoms with Crippen LogP contribution in [0.3, 0.4) is 0 Å². The zero-order valence-electron chi connectivity index (χ0n) is 12.8. The molecule has 0 bridgehead atoms. The molecule has 3 nitrogen and oxygen atoms in total.